The third-order valence-corrected chi connectivity index (χ3v) is 6.06. The Morgan fingerprint density at radius 2 is 1.92 bits per heavy atom. The Bertz CT molecular complexity index is 846. The quantitative estimate of drug-likeness (QED) is 0.764. The molecule has 9 heteroatoms. The molecular weight excluding hydrogens is 362 g/mol. The summed E-state index contributed by atoms with van der Waals surface area (Å²) >= 11 is 1.11. The van der Waals surface area contributed by atoms with E-state index in [1.54, 1.807) is 49.8 Å². The molecule has 0 spiro atoms. The maximum atomic E-state index is 12.0. The fourth-order valence-corrected chi connectivity index (χ4v) is 4.07. The Kier molecular flexibility index (Phi) is 6.29. The topological polar surface area (TPSA) is 95.6 Å². The van der Waals surface area contributed by atoms with Crippen LogP contribution in [0.2, 0.25) is 0 Å². The number of carbonyl (C=O) groups is 2. The smallest absolute Gasteiger partial charge is 0.253 e. The zero-order valence-electron chi connectivity index (χ0n) is 13.9. The van der Waals surface area contributed by atoms with Crippen molar-refractivity contribution in [2.75, 3.05) is 26.0 Å². The highest BCUT2D eigenvalue weighted by Gasteiger charge is 2.15. The predicted molar refractivity (Wildman–Crippen MR) is 97.2 cm³/mol. The van der Waals surface area contributed by atoms with Gasteiger partial charge in [-0.05, 0) is 29.6 Å². The second-order valence-corrected chi connectivity index (χ2v) is 8.35. The number of hydrogen-bond donors (Lipinski definition) is 2. The Hall–Kier alpha value is -2.23. The Balaban J connectivity index is 1.89. The van der Waals surface area contributed by atoms with Gasteiger partial charge in [0.1, 0.15) is 4.21 Å². The Morgan fingerprint density at radius 1 is 1.16 bits per heavy atom. The van der Waals surface area contributed by atoms with Crippen molar-refractivity contribution in [3.63, 3.8) is 0 Å². The maximum Gasteiger partial charge on any atom is 0.253 e. The molecule has 1 aromatic heterocycles. The maximum absolute atomic E-state index is 12.0. The minimum Gasteiger partial charge on any atom is -0.345 e. The summed E-state index contributed by atoms with van der Waals surface area (Å²) in [4.78, 5) is 25.3. The van der Waals surface area contributed by atoms with Crippen molar-refractivity contribution >= 4 is 38.9 Å². The molecule has 0 aliphatic heterocycles. The van der Waals surface area contributed by atoms with Crippen molar-refractivity contribution in [2.45, 2.75) is 10.6 Å². The minimum absolute atomic E-state index is 0.0115. The molecule has 0 atom stereocenters. The van der Waals surface area contributed by atoms with E-state index in [4.69, 9.17) is 0 Å². The van der Waals surface area contributed by atoms with E-state index in [9.17, 15) is 18.0 Å². The van der Waals surface area contributed by atoms with E-state index >= 15 is 0 Å². The number of sulfonamides is 1. The normalized spacial score (nSPS) is 11.1. The summed E-state index contributed by atoms with van der Waals surface area (Å²) < 4.78 is 26.5. The first kappa shape index (κ1) is 19.1. The van der Waals surface area contributed by atoms with E-state index in [-0.39, 0.29) is 29.0 Å². The average molecular weight is 381 g/mol. The van der Waals surface area contributed by atoms with Gasteiger partial charge in [0.2, 0.25) is 15.9 Å². The molecule has 2 aromatic rings. The van der Waals surface area contributed by atoms with E-state index in [2.05, 4.69) is 10.0 Å². The number of thiophene rings is 1. The zero-order chi connectivity index (χ0) is 18.4. The summed E-state index contributed by atoms with van der Waals surface area (Å²) in [6, 6.07) is 9.73. The molecule has 0 aliphatic rings. The van der Waals surface area contributed by atoms with Crippen LogP contribution >= 0.6 is 11.3 Å². The molecule has 0 bridgehead atoms. The van der Waals surface area contributed by atoms with Crippen molar-refractivity contribution < 1.29 is 18.0 Å². The fraction of sp³-hybridized carbons (Fsp3) is 0.250. The van der Waals surface area contributed by atoms with Gasteiger partial charge in [0, 0.05) is 38.3 Å². The lowest BCUT2D eigenvalue weighted by molar-refractivity contribution is -0.116. The first-order chi connectivity index (χ1) is 11.8. The Labute approximate surface area is 150 Å². The van der Waals surface area contributed by atoms with Crippen molar-refractivity contribution in [3.8, 4) is 0 Å². The summed E-state index contributed by atoms with van der Waals surface area (Å²) in [6.45, 7) is -0.0115. The molecule has 0 fully saturated rings. The van der Waals surface area contributed by atoms with Gasteiger partial charge in [0.25, 0.3) is 5.91 Å². The molecule has 7 nitrogen and oxygen atoms in total. The van der Waals surface area contributed by atoms with Crippen LogP contribution in [0.15, 0.2) is 46.0 Å². The van der Waals surface area contributed by atoms with Gasteiger partial charge in [-0.15, -0.1) is 11.3 Å². The van der Waals surface area contributed by atoms with E-state index < -0.39 is 10.0 Å². The van der Waals surface area contributed by atoms with Crippen LogP contribution in [-0.2, 0) is 14.8 Å². The monoisotopic (exact) mass is 381 g/mol. The average Bonchev–Trinajstić information content (AvgIpc) is 3.09. The number of carbonyl (C=O) groups excluding carboxylic acids is 2. The van der Waals surface area contributed by atoms with Crippen LogP contribution in [0.1, 0.15) is 16.8 Å². The molecule has 0 aliphatic carbocycles. The summed E-state index contributed by atoms with van der Waals surface area (Å²) in [5.74, 6) is -0.511. The van der Waals surface area contributed by atoms with Gasteiger partial charge in [0.05, 0.1) is 0 Å². The fourth-order valence-electron chi connectivity index (χ4n) is 2.00. The van der Waals surface area contributed by atoms with Crippen LogP contribution in [0.25, 0.3) is 0 Å². The predicted octanol–water partition coefficient (Wildman–Crippen LogP) is 1.76. The van der Waals surface area contributed by atoms with E-state index in [1.165, 1.54) is 11.0 Å². The van der Waals surface area contributed by atoms with Gasteiger partial charge >= 0.3 is 0 Å². The minimum atomic E-state index is -3.57. The summed E-state index contributed by atoms with van der Waals surface area (Å²) in [7, 11) is -0.282. The highest BCUT2D eigenvalue weighted by molar-refractivity contribution is 7.91. The number of amides is 2. The van der Waals surface area contributed by atoms with Gasteiger partial charge in [-0.25, -0.2) is 13.1 Å². The number of nitrogens with zero attached hydrogens (tertiary/aromatic N) is 1. The van der Waals surface area contributed by atoms with E-state index in [0.29, 0.717) is 11.3 Å². The highest BCUT2D eigenvalue weighted by atomic mass is 32.2. The van der Waals surface area contributed by atoms with Gasteiger partial charge in [-0.1, -0.05) is 12.1 Å². The Morgan fingerprint density at radius 3 is 2.56 bits per heavy atom. The van der Waals surface area contributed by atoms with Crippen LogP contribution in [0.3, 0.4) is 0 Å². The van der Waals surface area contributed by atoms with Crippen molar-refractivity contribution in [2.24, 2.45) is 0 Å². The molecule has 0 radical (unpaired) electrons. The van der Waals surface area contributed by atoms with Crippen LogP contribution in [0.4, 0.5) is 5.69 Å². The van der Waals surface area contributed by atoms with Gasteiger partial charge in [0.15, 0.2) is 0 Å². The van der Waals surface area contributed by atoms with Crippen LogP contribution in [-0.4, -0.2) is 45.8 Å². The standard InChI is InChI=1S/C16H19N3O4S2/c1-19(2)16(21)12-5-3-6-13(11-12)18-14(20)8-9-17-25(22,23)15-7-4-10-24-15/h3-7,10-11,17H,8-9H2,1-2H3,(H,18,20). The number of anilines is 1. The third kappa shape index (κ3) is 5.38. The van der Waals surface area contributed by atoms with Crippen molar-refractivity contribution in [1.29, 1.82) is 0 Å². The summed E-state index contributed by atoms with van der Waals surface area (Å²) in [5, 5.41) is 4.33. The lowest BCUT2D eigenvalue weighted by Gasteiger charge is -2.12. The first-order valence-electron chi connectivity index (χ1n) is 7.44. The lowest BCUT2D eigenvalue weighted by atomic mass is 10.2. The molecule has 25 heavy (non-hydrogen) atoms. The third-order valence-electron chi connectivity index (χ3n) is 3.20. The molecule has 0 saturated heterocycles. The molecule has 134 valence electrons. The second-order valence-electron chi connectivity index (χ2n) is 5.41. The number of nitrogens with one attached hydrogen (secondary N) is 2. The van der Waals surface area contributed by atoms with Crippen molar-refractivity contribution in [3.05, 3.63) is 47.3 Å². The van der Waals surface area contributed by atoms with E-state index in [0.717, 1.165) is 11.3 Å². The number of hydrogen-bond acceptors (Lipinski definition) is 5. The number of rotatable bonds is 7. The molecule has 0 saturated carbocycles. The molecule has 2 N–H and O–H groups in total. The summed E-state index contributed by atoms with van der Waals surface area (Å²) in [6.07, 6.45) is -0.0174. The van der Waals surface area contributed by atoms with Crippen LogP contribution < -0.4 is 10.0 Å². The molecule has 1 aromatic carbocycles. The SMILES string of the molecule is CN(C)C(=O)c1cccc(NC(=O)CCNS(=O)(=O)c2cccs2)c1. The second kappa shape index (κ2) is 8.24. The highest BCUT2D eigenvalue weighted by Crippen LogP contribution is 2.15. The number of benzene rings is 1. The lowest BCUT2D eigenvalue weighted by Crippen LogP contribution is -2.27. The molecular formula is C16H19N3O4S2. The van der Waals surface area contributed by atoms with E-state index in [1.807, 2.05) is 0 Å². The molecule has 0 unspecified atom stereocenters. The van der Waals surface area contributed by atoms with Gasteiger partial charge < -0.3 is 10.2 Å². The first-order valence-corrected chi connectivity index (χ1v) is 9.80. The van der Waals surface area contributed by atoms with Crippen LogP contribution in [0, 0.1) is 0 Å². The molecule has 2 rings (SSSR count). The van der Waals surface area contributed by atoms with Gasteiger partial charge in [-0.3, -0.25) is 9.59 Å². The van der Waals surface area contributed by atoms with Crippen LogP contribution in [0.5, 0.6) is 0 Å². The molecule has 1 heterocycles. The molecule has 2 amide bonds. The summed E-state index contributed by atoms with van der Waals surface area (Å²) in [5.41, 5.74) is 0.944. The van der Waals surface area contributed by atoms with Crippen molar-refractivity contribution in [1.82, 2.24) is 9.62 Å². The van der Waals surface area contributed by atoms with Gasteiger partial charge in [-0.2, -0.15) is 0 Å². The zero-order valence-corrected chi connectivity index (χ0v) is 15.5. The largest absolute Gasteiger partial charge is 0.345 e.